The smallest absolute Gasteiger partial charge is 0.201 e. The fourth-order valence-electron chi connectivity index (χ4n) is 2.05. The van der Waals surface area contributed by atoms with Crippen molar-refractivity contribution in [2.45, 2.75) is 0 Å². The van der Waals surface area contributed by atoms with Crippen LogP contribution in [0.4, 0.5) is 0 Å². The van der Waals surface area contributed by atoms with Crippen LogP contribution in [0.3, 0.4) is 0 Å². The molecule has 0 unspecified atom stereocenters. The van der Waals surface area contributed by atoms with Crippen LogP contribution in [0.25, 0.3) is 11.0 Å². The van der Waals surface area contributed by atoms with Crippen LogP contribution in [0.15, 0.2) is 59.7 Å². The first-order valence-corrected chi connectivity index (χ1v) is 6.44. The number of hydrogen-bond donors (Lipinski definition) is 0. The molecule has 19 heavy (non-hydrogen) atoms. The van der Waals surface area contributed by atoms with Gasteiger partial charge in [-0.3, -0.25) is 0 Å². The monoisotopic (exact) mass is 267 g/mol. The van der Waals surface area contributed by atoms with Crippen molar-refractivity contribution in [2.24, 2.45) is 12.1 Å². The SMILES string of the molecule is Cn1c(=S)n(N=Cc2ccccc2)c2ccccc21. The molecule has 0 atom stereocenters. The summed E-state index contributed by atoms with van der Waals surface area (Å²) in [5.74, 6) is 0. The van der Waals surface area contributed by atoms with Crippen molar-refractivity contribution in [3.05, 3.63) is 64.9 Å². The highest BCUT2D eigenvalue weighted by Gasteiger charge is 2.05. The molecule has 0 saturated heterocycles. The first-order valence-electron chi connectivity index (χ1n) is 6.03. The lowest BCUT2D eigenvalue weighted by Gasteiger charge is -1.95. The molecule has 0 saturated carbocycles. The molecule has 0 fully saturated rings. The highest BCUT2D eigenvalue weighted by Crippen LogP contribution is 2.16. The second-order valence-electron chi connectivity index (χ2n) is 4.30. The Labute approximate surface area is 116 Å². The van der Waals surface area contributed by atoms with Crippen LogP contribution in [0, 0.1) is 4.77 Å². The van der Waals surface area contributed by atoms with Crippen molar-refractivity contribution < 1.29 is 0 Å². The molecule has 0 aliphatic rings. The van der Waals surface area contributed by atoms with Crippen molar-refractivity contribution in [1.82, 2.24) is 9.24 Å². The lowest BCUT2D eigenvalue weighted by Crippen LogP contribution is -1.93. The zero-order valence-electron chi connectivity index (χ0n) is 10.5. The minimum atomic E-state index is 0.688. The van der Waals surface area contributed by atoms with Gasteiger partial charge >= 0.3 is 0 Å². The molecule has 1 aromatic heterocycles. The van der Waals surface area contributed by atoms with Gasteiger partial charge in [-0.1, -0.05) is 42.5 Å². The summed E-state index contributed by atoms with van der Waals surface area (Å²) in [7, 11) is 1.96. The quantitative estimate of drug-likeness (QED) is 0.514. The topological polar surface area (TPSA) is 22.2 Å². The van der Waals surface area contributed by atoms with Crippen LogP contribution in [-0.2, 0) is 7.05 Å². The van der Waals surface area contributed by atoms with Gasteiger partial charge in [0.1, 0.15) is 0 Å². The number of hydrogen-bond acceptors (Lipinski definition) is 2. The molecule has 4 heteroatoms. The number of aromatic nitrogens is 2. The lowest BCUT2D eigenvalue weighted by molar-refractivity contribution is 0.818. The van der Waals surface area contributed by atoms with Crippen LogP contribution in [0.5, 0.6) is 0 Å². The molecule has 0 spiro atoms. The van der Waals surface area contributed by atoms with E-state index >= 15 is 0 Å². The molecule has 94 valence electrons. The van der Waals surface area contributed by atoms with Gasteiger partial charge in [0.05, 0.1) is 17.2 Å². The van der Waals surface area contributed by atoms with E-state index in [0.717, 1.165) is 16.6 Å². The average Bonchev–Trinajstić information content (AvgIpc) is 2.71. The molecule has 3 aromatic rings. The predicted molar refractivity (Wildman–Crippen MR) is 81.2 cm³/mol. The van der Waals surface area contributed by atoms with Crippen molar-refractivity contribution in [1.29, 1.82) is 0 Å². The molecular formula is C15H13N3S. The van der Waals surface area contributed by atoms with Crippen LogP contribution in [-0.4, -0.2) is 15.5 Å². The van der Waals surface area contributed by atoms with Gasteiger partial charge in [-0.15, -0.1) is 0 Å². The molecule has 3 nitrogen and oxygen atoms in total. The van der Waals surface area contributed by atoms with E-state index in [1.807, 2.05) is 72.4 Å². The summed E-state index contributed by atoms with van der Waals surface area (Å²) in [5, 5.41) is 4.49. The zero-order chi connectivity index (χ0) is 13.2. The zero-order valence-corrected chi connectivity index (χ0v) is 11.3. The lowest BCUT2D eigenvalue weighted by atomic mass is 10.2. The summed E-state index contributed by atoms with van der Waals surface area (Å²) in [6, 6.07) is 18.0. The van der Waals surface area contributed by atoms with Crippen molar-refractivity contribution in [2.75, 3.05) is 0 Å². The van der Waals surface area contributed by atoms with E-state index in [1.165, 1.54) is 0 Å². The number of rotatable bonds is 2. The third-order valence-electron chi connectivity index (χ3n) is 3.06. The highest BCUT2D eigenvalue weighted by atomic mass is 32.1. The fourth-order valence-corrected chi connectivity index (χ4v) is 2.29. The highest BCUT2D eigenvalue weighted by molar-refractivity contribution is 7.71. The third kappa shape index (κ3) is 2.11. The second kappa shape index (κ2) is 4.82. The van der Waals surface area contributed by atoms with Gasteiger partial charge in [-0.2, -0.15) is 5.10 Å². The fraction of sp³-hybridized carbons (Fsp3) is 0.0667. The number of aryl methyl sites for hydroxylation is 1. The molecule has 0 aliphatic carbocycles. The maximum absolute atomic E-state index is 5.42. The summed E-state index contributed by atoms with van der Waals surface area (Å²) >= 11 is 5.42. The number of fused-ring (bicyclic) bond motifs is 1. The number of para-hydroxylation sites is 2. The van der Waals surface area contributed by atoms with Gasteiger partial charge in [-0.05, 0) is 29.9 Å². The first kappa shape index (κ1) is 11.9. The van der Waals surface area contributed by atoms with Crippen molar-refractivity contribution in [3.63, 3.8) is 0 Å². The molecule has 2 aromatic carbocycles. The second-order valence-corrected chi connectivity index (χ2v) is 4.66. The molecule has 0 N–H and O–H groups in total. The normalized spacial score (nSPS) is 11.4. The Balaban J connectivity index is 2.14. The Morgan fingerprint density at radius 3 is 2.32 bits per heavy atom. The van der Waals surface area contributed by atoms with E-state index in [-0.39, 0.29) is 0 Å². The molecule has 0 aliphatic heterocycles. The summed E-state index contributed by atoms with van der Waals surface area (Å²) in [4.78, 5) is 0. The Bertz CT molecular complexity index is 797. The maximum atomic E-state index is 5.42. The van der Waals surface area contributed by atoms with Crippen LogP contribution in [0.2, 0.25) is 0 Å². The minimum absolute atomic E-state index is 0.688. The number of benzene rings is 2. The molecule has 0 bridgehead atoms. The number of nitrogens with zero attached hydrogens (tertiary/aromatic N) is 3. The minimum Gasteiger partial charge on any atom is -0.318 e. The van der Waals surface area contributed by atoms with Gasteiger partial charge in [0.15, 0.2) is 0 Å². The first-order chi connectivity index (χ1) is 9.27. The molecule has 0 amide bonds. The predicted octanol–water partition coefficient (Wildman–Crippen LogP) is 3.59. The largest absolute Gasteiger partial charge is 0.318 e. The Morgan fingerprint density at radius 2 is 1.58 bits per heavy atom. The Hall–Kier alpha value is -2.20. The summed E-state index contributed by atoms with van der Waals surface area (Å²) < 4.78 is 4.44. The number of imidazole rings is 1. The van der Waals surface area contributed by atoms with Gasteiger partial charge in [0, 0.05) is 7.05 Å². The van der Waals surface area contributed by atoms with Gasteiger partial charge in [0.25, 0.3) is 0 Å². The van der Waals surface area contributed by atoms with Crippen molar-refractivity contribution in [3.8, 4) is 0 Å². The van der Waals surface area contributed by atoms with Crippen LogP contribution in [0.1, 0.15) is 5.56 Å². The molecule has 3 rings (SSSR count). The third-order valence-corrected chi connectivity index (χ3v) is 3.51. The van der Waals surface area contributed by atoms with E-state index in [4.69, 9.17) is 12.2 Å². The van der Waals surface area contributed by atoms with Crippen molar-refractivity contribution >= 4 is 29.5 Å². The van der Waals surface area contributed by atoms with Gasteiger partial charge < -0.3 is 4.57 Å². The summed E-state index contributed by atoms with van der Waals surface area (Å²) in [6.45, 7) is 0. The average molecular weight is 267 g/mol. The van der Waals surface area contributed by atoms with Gasteiger partial charge in [-0.25, -0.2) is 4.68 Å². The van der Waals surface area contributed by atoms with E-state index in [2.05, 4.69) is 5.10 Å². The maximum Gasteiger partial charge on any atom is 0.201 e. The van der Waals surface area contributed by atoms with E-state index in [0.29, 0.717) is 4.77 Å². The van der Waals surface area contributed by atoms with E-state index in [9.17, 15) is 0 Å². The van der Waals surface area contributed by atoms with E-state index in [1.54, 1.807) is 4.68 Å². The summed E-state index contributed by atoms with van der Waals surface area (Å²) in [6.07, 6.45) is 1.82. The Kier molecular flexibility index (Phi) is 3.01. The molecule has 1 heterocycles. The molecular weight excluding hydrogens is 254 g/mol. The Morgan fingerprint density at radius 1 is 0.947 bits per heavy atom. The van der Waals surface area contributed by atoms with E-state index < -0.39 is 0 Å². The van der Waals surface area contributed by atoms with Crippen LogP contribution < -0.4 is 0 Å². The van der Waals surface area contributed by atoms with Crippen LogP contribution >= 0.6 is 12.2 Å². The standard InChI is InChI=1S/C15H13N3S/c1-17-13-9-5-6-10-14(13)18(15(17)19)16-11-12-7-3-2-4-8-12/h2-11H,1H3. The van der Waals surface area contributed by atoms with Gasteiger partial charge in [0.2, 0.25) is 4.77 Å². The summed E-state index contributed by atoms with van der Waals surface area (Å²) in [5.41, 5.74) is 3.15. The molecule has 0 radical (unpaired) electrons.